The first-order valence-electron chi connectivity index (χ1n) is 3.26. The van der Waals surface area contributed by atoms with Crippen molar-refractivity contribution in [2.45, 2.75) is 0 Å². The van der Waals surface area contributed by atoms with E-state index in [0.29, 0.717) is 0 Å². The van der Waals surface area contributed by atoms with Gasteiger partial charge in [-0.05, 0) is 12.1 Å². The number of hydrogen-bond donors (Lipinski definition) is 0. The maximum Gasteiger partial charge on any atom is 0.0878 e. The van der Waals surface area contributed by atoms with Crippen molar-refractivity contribution in [3.8, 4) is 0 Å². The highest BCUT2D eigenvalue weighted by molar-refractivity contribution is 5.75. The lowest BCUT2D eigenvalue weighted by Crippen LogP contribution is -2.04. The Hall–Kier alpha value is -1.31. The number of benzene rings is 1. The van der Waals surface area contributed by atoms with Crippen LogP contribution in [-0.4, -0.2) is 12.8 Å². The molecule has 0 aromatic heterocycles. The average molecular weight is 131 g/mol. The lowest BCUT2D eigenvalue weighted by Gasteiger charge is -2.07. The molecule has 0 N–H and O–H groups in total. The van der Waals surface area contributed by atoms with Gasteiger partial charge in [0.2, 0.25) is 0 Å². The quantitative estimate of drug-likeness (QED) is 0.511. The van der Waals surface area contributed by atoms with Gasteiger partial charge in [-0.2, -0.15) is 0 Å². The molecule has 0 unspecified atom stereocenters. The smallest absolute Gasteiger partial charge is 0.0878 e. The van der Waals surface area contributed by atoms with Crippen LogP contribution in [0, 0.1) is 0 Å². The fraction of sp³-hybridized carbons (Fsp3) is 0.125. The summed E-state index contributed by atoms with van der Waals surface area (Å²) in [5.41, 5.74) is 1.98. The Morgan fingerprint density at radius 2 is 1.90 bits per heavy atom. The molecule has 1 aliphatic heterocycles. The highest BCUT2D eigenvalue weighted by Crippen LogP contribution is 2.25. The monoisotopic (exact) mass is 131 g/mol. The summed E-state index contributed by atoms with van der Waals surface area (Å²) in [7, 11) is 0. The first-order chi connectivity index (χ1) is 4.97. The Morgan fingerprint density at radius 1 is 1.10 bits per heavy atom. The number of aliphatic imine (C=N–C) groups is 1. The van der Waals surface area contributed by atoms with E-state index in [4.69, 9.17) is 0 Å². The lowest BCUT2D eigenvalue weighted by atomic mass is 10.2. The molecule has 0 amide bonds. The molecule has 0 saturated carbocycles. The molecular formula is C8H7N2. The Labute approximate surface area is 59.6 Å². The topological polar surface area (TPSA) is 26.5 Å². The second kappa shape index (κ2) is 2.14. The van der Waals surface area contributed by atoms with Gasteiger partial charge in [0.25, 0.3) is 0 Å². The number of nitrogens with zero attached hydrogens (tertiary/aromatic N) is 2. The van der Waals surface area contributed by atoms with Crippen molar-refractivity contribution < 1.29 is 0 Å². The highest BCUT2D eigenvalue weighted by atomic mass is 14.9. The van der Waals surface area contributed by atoms with Crippen molar-refractivity contribution in [2.75, 3.05) is 6.54 Å². The molecule has 1 heterocycles. The van der Waals surface area contributed by atoms with E-state index in [1.807, 2.05) is 30.5 Å². The molecule has 1 aromatic rings. The minimum atomic E-state index is 0.719. The fourth-order valence-corrected chi connectivity index (χ4v) is 0.985. The molecule has 0 aliphatic carbocycles. The van der Waals surface area contributed by atoms with Crippen LogP contribution in [0.15, 0.2) is 29.3 Å². The van der Waals surface area contributed by atoms with Crippen LogP contribution in [0.4, 0.5) is 11.4 Å². The molecule has 10 heavy (non-hydrogen) atoms. The van der Waals surface area contributed by atoms with Gasteiger partial charge in [0.1, 0.15) is 0 Å². The SMILES string of the molecule is C1=Nc2ccccc2[N]C1. The van der Waals surface area contributed by atoms with Crippen molar-refractivity contribution in [1.29, 1.82) is 0 Å². The summed E-state index contributed by atoms with van der Waals surface area (Å²) >= 11 is 0. The van der Waals surface area contributed by atoms with Crippen molar-refractivity contribution >= 4 is 17.6 Å². The summed E-state index contributed by atoms with van der Waals surface area (Å²) in [6.45, 7) is 0.719. The lowest BCUT2D eigenvalue weighted by molar-refractivity contribution is 1.00. The number of hydrogen-bond acceptors (Lipinski definition) is 1. The van der Waals surface area contributed by atoms with Crippen LogP contribution < -0.4 is 5.32 Å². The van der Waals surface area contributed by atoms with Crippen LogP contribution in [-0.2, 0) is 0 Å². The van der Waals surface area contributed by atoms with Crippen LogP contribution in [0.1, 0.15) is 0 Å². The zero-order valence-electron chi connectivity index (χ0n) is 5.49. The summed E-state index contributed by atoms with van der Waals surface area (Å²) in [6, 6.07) is 7.89. The van der Waals surface area contributed by atoms with Gasteiger partial charge in [0, 0.05) is 6.21 Å². The molecule has 0 bridgehead atoms. The van der Waals surface area contributed by atoms with Gasteiger partial charge < -0.3 is 0 Å². The molecule has 0 atom stereocenters. The second-order valence-corrected chi connectivity index (χ2v) is 2.14. The molecule has 0 spiro atoms. The van der Waals surface area contributed by atoms with Crippen molar-refractivity contribution in [3.05, 3.63) is 24.3 Å². The number of fused-ring (bicyclic) bond motifs is 1. The van der Waals surface area contributed by atoms with Crippen molar-refractivity contribution in [2.24, 2.45) is 4.99 Å². The summed E-state index contributed by atoms with van der Waals surface area (Å²) in [5.74, 6) is 0. The Kier molecular flexibility index (Phi) is 1.17. The van der Waals surface area contributed by atoms with E-state index in [2.05, 4.69) is 10.3 Å². The molecule has 0 fully saturated rings. The predicted molar refractivity (Wildman–Crippen MR) is 41.3 cm³/mol. The zero-order valence-corrected chi connectivity index (χ0v) is 5.49. The van der Waals surface area contributed by atoms with Gasteiger partial charge in [-0.1, -0.05) is 12.1 Å². The van der Waals surface area contributed by atoms with Gasteiger partial charge >= 0.3 is 0 Å². The number of para-hydroxylation sites is 2. The van der Waals surface area contributed by atoms with E-state index in [0.717, 1.165) is 17.9 Å². The first-order valence-corrected chi connectivity index (χ1v) is 3.26. The Morgan fingerprint density at radius 3 is 2.70 bits per heavy atom. The van der Waals surface area contributed by atoms with Gasteiger partial charge in [-0.25, -0.2) is 0 Å². The molecule has 0 saturated heterocycles. The van der Waals surface area contributed by atoms with E-state index in [9.17, 15) is 0 Å². The standard InChI is InChI=1S/C8H7N2/c1-2-4-8-7(3-1)9-5-6-10-8/h1-5H,6H2. The van der Waals surface area contributed by atoms with Crippen molar-refractivity contribution in [3.63, 3.8) is 0 Å². The van der Waals surface area contributed by atoms with Gasteiger partial charge in [0.05, 0.1) is 17.9 Å². The second-order valence-electron chi connectivity index (χ2n) is 2.14. The summed E-state index contributed by atoms with van der Waals surface area (Å²) in [6.07, 6.45) is 1.82. The number of rotatable bonds is 0. The van der Waals surface area contributed by atoms with E-state index in [1.54, 1.807) is 0 Å². The highest BCUT2D eigenvalue weighted by Gasteiger charge is 2.02. The molecular weight excluding hydrogens is 124 g/mol. The maximum atomic E-state index is 4.24. The minimum absolute atomic E-state index is 0.719. The fourth-order valence-electron chi connectivity index (χ4n) is 0.985. The van der Waals surface area contributed by atoms with E-state index < -0.39 is 0 Å². The van der Waals surface area contributed by atoms with Crippen molar-refractivity contribution in [1.82, 2.24) is 5.32 Å². The molecule has 2 rings (SSSR count). The van der Waals surface area contributed by atoms with E-state index >= 15 is 0 Å². The van der Waals surface area contributed by atoms with Gasteiger partial charge in [0.15, 0.2) is 0 Å². The molecule has 1 radical (unpaired) electrons. The molecule has 1 aliphatic rings. The molecule has 2 heteroatoms. The average Bonchev–Trinajstić information content (AvgIpc) is 2.05. The summed E-state index contributed by atoms with van der Waals surface area (Å²) < 4.78 is 0. The largest absolute Gasteiger partial charge is 0.277 e. The Balaban J connectivity index is 2.54. The van der Waals surface area contributed by atoms with Gasteiger partial charge in [-0.15, -0.1) is 0 Å². The predicted octanol–water partition coefficient (Wildman–Crippen LogP) is 1.64. The van der Waals surface area contributed by atoms with Crippen LogP contribution in [0.2, 0.25) is 0 Å². The minimum Gasteiger partial charge on any atom is -0.277 e. The van der Waals surface area contributed by atoms with Gasteiger partial charge in [-0.3, -0.25) is 10.3 Å². The summed E-state index contributed by atoms with van der Waals surface area (Å²) in [4.78, 5) is 4.17. The third kappa shape index (κ3) is 0.778. The zero-order chi connectivity index (χ0) is 6.81. The van der Waals surface area contributed by atoms with E-state index in [-0.39, 0.29) is 0 Å². The van der Waals surface area contributed by atoms with Crippen LogP contribution in [0.25, 0.3) is 0 Å². The van der Waals surface area contributed by atoms with E-state index in [1.165, 1.54) is 0 Å². The van der Waals surface area contributed by atoms with Crippen LogP contribution in [0.3, 0.4) is 0 Å². The first kappa shape index (κ1) is 5.47. The molecule has 49 valence electrons. The van der Waals surface area contributed by atoms with Crippen LogP contribution >= 0.6 is 0 Å². The normalized spacial score (nSPS) is 14.0. The third-order valence-electron chi connectivity index (χ3n) is 1.46. The molecule has 2 nitrogen and oxygen atoms in total. The maximum absolute atomic E-state index is 4.24. The summed E-state index contributed by atoms with van der Waals surface area (Å²) in [5, 5.41) is 4.24. The third-order valence-corrected chi connectivity index (χ3v) is 1.46. The van der Waals surface area contributed by atoms with Crippen LogP contribution in [0.5, 0.6) is 0 Å². The molecule has 1 aromatic carbocycles. The Bertz CT molecular complexity index is 266.